The third-order valence-electron chi connectivity index (χ3n) is 8.30. The van der Waals surface area contributed by atoms with Gasteiger partial charge in [0.25, 0.3) is 0 Å². The lowest BCUT2D eigenvalue weighted by Crippen LogP contribution is -2.37. The zero-order valence-corrected chi connectivity index (χ0v) is 27.1. The molecule has 0 bridgehead atoms. The average Bonchev–Trinajstić information content (AvgIpc) is 3.82. The van der Waals surface area contributed by atoms with Crippen LogP contribution in [-0.2, 0) is 9.47 Å². The van der Waals surface area contributed by atoms with E-state index in [9.17, 15) is 0 Å². The molecule has 0 amide bonds. The maximum absolute atomic E-state index is 5.57. The van der Waals surface area contributed by atoms with Crippen molar-refractivity contribution in [1.82, 2.24) is 19.9 Å². The number of ether oxygens (including phenoxy) is 6. The lowest BCUT2D eigenvalue weighted by molar-refractivity contribution is 0.193. The quantitative estimate of drug-likeness (QED) is 0.227. The van der Waals surface area contributed by atoms with Crippen LogP contribution in [0.4, 0.5) is 11.6 Å². The van der Waals surface area contributed by atoms with Crippen molar-refractivity contribution in [1.29, 1.82) is 0 Å². The largest absolute Gasteiger partial charge is 0.493 e. The minimum atomic E-state index is 0.358. The fourth-order valence-electron chi connectivity index (χ4n) is 6.14. The van der Waals surface area contributed by atoms with Crippen molar-refractivity contribution in [3.8, 4) is 23.0 Å². The van der Waals surface area contributed by atoms with Crippen molar-refractivity contribution >= 4 is 33.4 Å². The maximum atomic E-state index is 5.57. The molecule has 6 rings (SSSR count). The molecule has 4 heterocycles. The molecule has 0 N–H and O–H groups in total. The predicted octanol–water partition coefficient (Wildman–Crippen LogP) is 4.91. The molecule has 0 saturated carbocycles. The van der Waals surface area contributed by atoms with Gasteiger partial charge >= 0.3 is 0 Å². The summed E-state index contributed by atoms with van der Waals surface area (Å²) in [6.07, 6.45) is 6.27. The fraction of sp³-hybridized carbons (Fsp3) is 0.515. The van der Waals surface area contributed by atoms with Crippen LogP contribution in [0.1, 0.15) is 33.1 Å². The Kier molecular flexibility index (Phi) is 10.9. The molecule has 2 aliphatic heterocycles. The van der Waals surface area contributed by atoms with Crippen molar-refractivity contribution in [2.24, 2.45) is 0 Å². The van der Waals surface area contributed by atoms with Crippen LogP contribution in [0.5, 0.6) is 23.0 Å². The summed E-state index contributed by atoms with van der Waals surface area (Å²) in [5, 5.41) is 1.94. The van der Waals surface area contributed by atoms with E-state index >= 15 is 0 Å². The van der Waals surface area contributed by atoms with Gasteiger partial charge in [0.05, 0.1) is 53.7 Å². The average molecular weight is 621 g/mol. The molecule has 0 spiro atoms. The molecule has 2 atom stereocenters. The number of benzene rings is 2. The number of aromatic nitrogens is 4. The molecule has 45 heavy (non-hydrogen) atoms. The van der Waals surface area contributed by atoms with Gasteiger partial charge in [-0.3, -0.25) is 0 Å². The third-order valence-corrected chi connectivity index (χ3v) is 8.30. The monoisotopic (exact) mass is 620 g/mol. The van der Waals surface area contributed by atoms with E-state index in [0.29, 0.717) is 35.1 Å². The number of likely N-dealkylation sites (N-methyl/N-ethyl adjacent to an activating group) is 1. The highest BCUT2D eigenvalue weighted by molar-refractivity contribution is 5.96. The fourth-order valence-corrected chi connectivity index (χ4v) is 6.14. The lowest BCUT2D eigenvalue weighted by Gasteiger charge is -2.29. The first-order chi connectivity index (χ1) is 22.1. The van der Waals surface area contributed by atoms with Crippen LogP contribution in [-0.4, -0.2) is 100.0 Å². The van der Waals surface area contributed by atoms with Gasteiger partial charge in [0.15, 0.2) is 23.0 Å². The summed E-state index contributed by atoms with van der Waals surface area (Å²) in [5.74, 6) is 4.50. The molecule has 2 aliphatic rings. The summed E-state index contributed by atoms with van der Waals surface area (Å²) < 4.78 is 32.8. The first-order valence-corrected chi connectivity index (χ1v) is 15.5. The SMILES string of the molecule is CCCN(c1ncnc2c(OC)c(OC)ccc12)[C@H]1CCOC1.CCN(c1ncnc2c(OC)c(OC)ccc12)[C@H]1CCOC1. The molecule has 12 nitrogen and oxygen atoms in total. The Morgan fingerprint density at radius 3 is 1.56 bits per heavy atom. The van der Waals surface area contributed by atoms with E-state index < -0.39 is 0 Å². The molecule has 4 aromatic rings. The highest BCUT2D eigenvalue weighted by atomic mass is 16.5. The molecule has 12 heteroatoms. The molecule has 2 aromatic carbocycles. The number of anilines is 2. The summed E-state index contributed by atoms with van der Waals surface area (Å²) in [4.78, 5) is 22.5. The summed E-state index contributed by atoms with van der Waals surface area (Å²) in [7, 11) is 6.51. The standard InChI is InChI=1S/C17H23N3O3.C16H21N3O3/c1-4-8-20(12-7-9-23-10-12)17-13-5-6-14(21-2)16(22-3)15(13)18-11-19-17;1-4-19(11-7-8-22-9-11)16-12-5-6-13(20-2)15(21-3)14(12)17-10-18-16/h5-6,11-12H,4,7-10H2,1-3H3;5-6,10-11H,4,7-9H2,1-3H3/t12-;11-/m00/s1. The number of hydrogen-bond acceptors (Lipinski definition) is 12. The van der Waals surface area contributed by atoms with Gasteiger partial charge in [-0.2, -0.15) is 0 Å². The highest BCUT2D eigenvalue weighted by Gasteiger charge is 2.27. The van der Waals surface area contributed by atoms with Crippen LogP contribution < -0.4 is 28.7 Å². The Hall–Kier alpha value is -4.16. The van der Waals surface area contributed by atoms with E-state index in [1.54, 1.807) is 41.1 Å². The second-order valence-electron chi connectivity index (χ2n) is 10.8. The molecular formula is C33H44N6O6. The summed E-state index contributed by atoms with van der Waals surface area (Å²) in [6, 6.07) is 8.52. The van der Waals surface area contributed by atoms with Gasteiger partial charge < -0.3 is 38.2 Å². The normalized spacial score (nSPS) is 17.6. The van der Waals surface area contributed by atoms with Gasteiger partial charge in [0, 0.05) is 37.1 Å². The Morgan fingerprint density at radius 2 is 1.16 bits per heavy atom. The minimum Gasteiger partial charge on any atom is -0.493 e. The Labute approximate surface area is 264 Å². The van der Waals surface area contributed by atoms with Gasteiger partial charge in [0.1, 0.15) is 35.3 Å². The highest BCUT2D eigenvalue weighted by Crippen LogP contribution is 2.39. The van der Waals surface area contributed by atoms with Crippen molar-refractivity contribution in [3.63, 3.8) is 0 Å². The molecule has 2 saturated heterocycles. The van der Waals surface area contributed by atoms with Crippen molar-refractivity contribution in [3.05, 3.63) is 36.9 Å². The number of rotatable bonds is 11. The summed E-state index contributed by atoms with van der Waals surface area (Å²) in [5.41, 5.74) is 1.54. The van der Waals surface area contributed by atoms with Crippen LogP contribution in [0, 0.1) is 0 Å². The Morgan fingerprint density at radius 1 is 0.667 bits per heavy atom. The van der Waals surface area contributed by atoms with E-state index in [2.05, 4.69) is 43.6 Å². The van der Waals surface area contributed by atoms with Crippen LogP contribution in [0.2, 0.25) is 0 Å². The van der Waals surface area contributed by atoms with E-state index in [1.165, 1.54) is 0 Å². The Bertz CT molecular complexity index is 1560. The molecule has 2 fully saturated rings. The van der Waals surface area contributed by atoms with Crippen LogP contribution in [0.25, 0.3) is 21.8 Å². The van der Waals surface area contributed by atoms with Crippen molar-refractivity contribution in [2.75, 3.05) is 77.8 Å². The zero-order valence-electron chi connectivity index (χ0n) is 27.1. The number of hydrogen-bond donors (Lipinski definition) is 0. The van der Waals surface area contributed by atoms with Crippen molar-refractivity contribution < 1.29 is 28.4 Å². The summed E-state index contributed by atoms with van der Waals surface area (Å²) in [6.45, 7) is 9.23. The number of nitrogens with zero attached hydrogens (tertiary/aromatic N) is 6. The first-order valence-electron chi connectivity index (χ1n) is 15.5. The lowest BCUT2D eigenvalue weighted by atomic mass is 10.1. The topological polar surface area (TPSA) is 113 Å². The smallest absolute Gasteiger partial charge is 0.187 e. The number of methoxy groups -OCH3 is 4. The van der Waals surface area contributed by atoms with E-state index in [0.717, 1.165) is 92.2 Å². The van der Waals surface area contributed by atoms with Crippen LogP contribution in [0.3, 0.4) is 0 Å². The van der Waals surface area contributed by atoms with Crippen LogP contribution in [0.15, 0.2) is 36.9 Å². The van der Waals surface area contributed by atoms with Gasteiger partial charge in [-0.05, 0) is 50.5 Å². The van der Waals surface area contributed by atoms with Gasteiger partial charge in [0.2, 0.25) is 0 Å². The maximum Gasteiger partial charge on any atom is 0.187 e. The van der Waals surface area contributed by atoms with Gasteiger partial charge in [-0.25, -0.2) is 19.9 Å². The van der Waals surface area contributed by atoms with E-state index in [-0.39, 0.29) is 0 Å². The van der Waals surface area contributed by atoms with Crippen molar-refractivity contribution in [2.45, 2.75) is 45.2 Å². The summed E-state index contributed by atoms with van der Waals surface area (Å²) >= 11 is 0. The zero-order chi connectivity index (χ0) is 31.8. The van der Waals surface area contributed by atoms with E-state index in [4.69, 9.17) is 28.4 Å². The number of fused-ring (bicyclic) bond motifs is 2. The first kappa shape index (κ1) is 32.2. The Balaban J connectivity index is 0.000000178. The second kappa shape index (κ2) is 15.2. The molecule has 0 radical (unpaired) electrons. The predicted molar refractivity (Wildman–Crippen MR) is 174 cm³/mol. The molecule has 0 unspecified atom stereocenters. The van der Waals surface area contributed by atoms with E-state index in [1.807, 2.05) is 24.3 Å². The minimum absolute atomic E-state index is 0.358. The molecular weight excluding hydrogens is 576 g/mol. The second-order valence-corrected chi connectivity index (χ2v) is 10.8. The van der Waals surface area contributed by atoms with Gasteiger partial charge in [-0.1, -0.05) is 6.92 Å². The molecule has 242 valence electrons. The van der Waals surface area contributed by atoms with Gasteiger partial charge in [-0.15, -0.1) is 0 Å². The molecule has 2 aromatic heterocycles. The third kappa shape index (κ3) is 6.62. The molecule has 0 aliphatic carbocycles. The van der Waals surface area contributed by atoms with Crippen LogP contribution >= 0.6 is 0 Å².